The van der Waals surface area contributed by atoms with E-state index in [1.54, 1.807) is 37.1 Å². The zero-order valence-electron chi connectivity index (χ0n) is 73.9. The minimum Gasteiger partial charge on any atom is -0.507 e. The fourth-order valence-electron chi connectivity index (χ4n) is 18.5. The summed E-state index contributed by atoms with van der Waals surface area (Å²) < 4.78 is 48.8. The Balaban J connectivity index is 0.000000264. The lowest BCUT2D eigenvalue weighted by Crippen LogP contribution is -2.50. The lowest BCUT2D eigenvalue weighted by atomic mass is 9.64. The predicted molar refractivity (Wildman–Crippen MR) is 492 cm³/mol. The van der Waals surface area contributed by atoms with E-state index < -0.39 is 79.3 Å². The summed E-state index contributed by atoms with van der Waals surface area (Å²) in [6.07, 6.45) is 4.54. The third-order valence-electron chi connectivity index (χ3n) is 24.8. The van der Waals surface area contributed by atoms with E-state index in [0.717, 1.165) is 75.0 Å². The monoisotopic (exact) mass is 1820 g/mol. The Morgan fingerprint density at radius 1 is 0.720 bits per heavy atom. The number of nitrogens with two attached hydrogens (primary N) is 4. The molecule has 34 nitrogen and oxygen atoms in total. The molecule has 4 aliphatic heterocycles. The lowest BCUT2D eigenvalue weighted by Gasteiger charge is -2.48. The van der Waals surface area contributed by atoms with Crippen LogP contribution in [0.4, 0.5) is 21.9 Å². The molecule has 0 radical (unpaired) electrons. The summed E-state index contributed by atoms with van der Waals surface area (Å²) in [4.78, 5) is 138. The van der Waals surface area contributed by atoms with Crippen molar-refractivity contribution in [3.05, 3.63) is 260 Å². The number of aryl methyl sites for hydroxylation is 1. The van der Waals surface area contributed by atoms with Crippen LogP contribution in [-0.2, 0) is 54.1 Å². The molecule has 35 heteroatoms. The first-order valence-corrected chi connectivity index (χ1v) is 44.4. The summed E-state index contributed by atoms with van der Waals surface area (Å²) in [6.45, 7) is 21.1. The maximum absolute atomic E-state index is 14.9. The number of carboxylic acid groups (broad SMARTS) is 1. The first kappa shape index (κ1) is 96.7. The lowest BCUT2D eigenvalue weighted by molar-refractivity contribution is -0.386. The number of anilines is 2. The van der Waals surface area contributed by atoms with Gasteiger partial charge in [0.05, 0.1) is 27.3 Å². The highest BCUT2D eigenvalue weighted by atomic mass is 32.2. The molecule has 0 aromatic heterocycles. The SMILES string of the molecule is C.CCN1c2cc3c(cc2C(C)CC1(C)C)C(c1ccccc1C(=O)N(C)CCCC(=O)NCc1ccc(C(C)OC(=O)NCCCNC(=O)c2ccc(C(=O)ON)c(O)c2)c([N+](=O)[O-])c1)=c1cc2c4c(c1C3(C)C)CCC[N+]=4CCC2.Cc1c2oc3c(S(=O)(=O)O)c(N)ccc3c(-c3ccc(C(=O)NCCCNC(=O)c4ccc(C(=O)ON)c(O)c4)cc3C(=O)O)c-2ccc1=[NH2+]. The molecule has 0 spiro atoms. The van der Waals surface area contributed by atoms with Gasteiger partial charge in [-0.05, 0) is 226 Å². The number of rotatable bonds is 28. The molecule has 6 amide bonds. The molecular formula is C97H109N13O21S+2. The van der Waals surface area contributed by atoms with Gasteiger partial charge in [0.1, 0.15) is 47.6 Å². The Morgan fingerprint density at radius 2 is 1.32 bits per heavy atom. The molecule has 132 heavy (non-hydrogen) atoms. The highest BCUT2D eigenvalue weighted by Crippen LogP contribution is 2.51. The minimum atomic E-state index is -4.91. The predicted octanol–water partition coefficient (Wildman–Crippen LogP) is 9.11. The van der Waals surface area contributed by atoms with Crippen LogP contribution in [0.1, 0.15) is 241 Å². The number of phenolic OH excluding ortho intramolecular Hbond substituents is 2. The Morgan fingerprint density at radius 3 is 1.92 bits per heavy atom. The molecule has 2 aliphatic carbocycles. The van der Waals surface area contributed by atoms with Gasteiger partial charge < -0.3 is 76.3 Å². The standard InChI is InChI=1S/C63H74N8O10.C33H29N5O11S.CH4/c1-9-70-51-34-50-48(33-47(51)37(2)35-62(70,4)5)55(49-31-40-16-12-28-69-29-13-19-46(57(40)69)56(49)63(50,6)7)43-17-10-11-18-44(43)59(75)68(8)27-14-20-54(73)67-36-39-21-23-42(52(30-39)71(78)79)38(3)80-61(77)66-26-15-25-65-58(74)41-22-24-45(53(72)32-41)60(76)81-64;1-15-23(34)9-7-20-26(21-8-10-24(35)29(50(45,46)47)28(21)48-27(15)20)18-5-3-16(13-22(18)32(42)43)30(40)37-11-2-12-38-31(41)17-4-6-19(25(39)14-17)33(44)49-36;/h10-11,17-18,21-24,30-34,37-38H,9,12-16,19-20,25-29,35-36,64H2,1-8H3,(H3-,65,66,67,72,73,74,76,77);3-10,13-14,34,39H,2,11-12,35-36H2,1H3,(H,37,40)(H,38,41)(H,42,43)(H,45,46,47);1H4/p+2. The quantitative estimate of drug-likeness (QED) is 0.00413. The molecule has 8 aromatic carbocycles. The topological polar surface area (TPSA) is 526 Å². The van der Waals surface area contributed by atoms with Crippen molar-refractivity contribution in [3.8, 4) is 33.9 Å². The average molecular weight is 1830 g/mol. The summed E-state index contributed by atoms with van der Waals surface area (Å²) >= 11 is 0. The molecule has 0 bridgehead atoms. The highest BCUT2D eigenvalue weighted by molar-refractivity contribution is 7.86. The largest absolute Gasteiger partial charge is 0.507 e. The number of aromatic carboxylic acids is 1. The van der Waals surface area contributed by atoms with E-state index in [2.05, 4.69) is 112 Å². The van der Waals surface area contributed by atoms with E-state index >= 15 is 0 Å². The number of carboxylic acids is 1. The maximum atomic E-state index is 14.9. The number of alkyl carbamates (subject to hydrolysis) is 1. The number of nitro groups is 1. The van der Waals surface area contributed by atoms with Crippen molar-refractivity contribution in [1.82, 2.24) is 36.1 Å². The third-order valence-corrected chi connectivity index (χ3v) is 25.7. The van der Waals surface area contributed by atoms with Gasteiger partial charge in [-0.15, -0.1) is 0 Å². The number of ether oxygens (including phenoxy) is 1. The maximum Gasteiger partial charge on any atom is 0.407 e. The molecular weight excluding hydrogens is 1720 g/mol. The zero-order chi connectivity index (χ0) is 94.6. The number of benzene rings is 9. The number of nitrogens with one attached hydrogen (secondary N) is 5. The number of hydrogen-bond acceptors (Lipinski definition) is 23. The van der Waals surface area contributed by atoms with Crippen LogP contribution < -0.4 is 74.9 Å². The van der Waals surface area contributed by atoms with Crippen molar-refractivity contribution in [2.24, 2.45) is 11.8 Å². The van der Waals surface area contributed by atoms with Gasteiger partial charge in [-0.1, -0.05) is 58.5 Å². The fourth-order valence-corrected chi connectivity index (χ4v) is 19.3. The normalized spacial score (nSPS) is 14.5. The minimum absolute atomic E-state index is 0. The van der Waals surface area contributed by atoms with E-state index in [9.17, 15) is 81.6 Å². The summed E-state index contributed by atoms with van der Waals surface area (Å²) in [6, 6.07) is 36.8. The highest BCUT2D eigenvalue weighted by Gasteiger charge is 2.44. The fraction of sp³-hybridized carbons (Fsp3) is 0.330. The van der Waals surface area contributed by atoms with E-state index in [-0.39, 0.29) is 154 Å². The summed E-state index contributed by atoms with van der Waals surface area (Å²) in [5.74, 6) is 3.71. The number of nitro benzene ring substituents is 1. The summed E-state index contributed by atoms with van der Waals surface area (Å²) in [7, 11) is -3.12. The van der Waals surface area contributed by atoms with Gasteiger partial charge in [0, 0.05) is 151 Å². The molecule has 17 N–H and O–H groups in total. The van der Waals surface area contributed by atoms with Crippen molar-refractivity contribution in [2.45, 2.75) is 155 Å². The average Bonchev–Trinajstić information content (AvgIpc) is 0.691. The van der Waals surface area contributed by atoms with Crippen LogP contribution in [0, 0.1) is 17.0 Å². The number of aromatic hydroxyl groups is 2. The first-order chi connectivity index (χ1) is 62.3. The van der Waals surface area contributed by atoms with Gasteiger partial charge in [-0.25, -0.2) is 23.8 Å². The van der Waals surface area contributed by atoms with E-state index in [1.165, 1.54) is 123 Å². The third kappa shape index (κ3) is 19.8. The van der Waals surface area contributed by atoms with Crippen LogP contribution >= 0.6 is 0 Å². The molecule has 2 unspecified atom stereocenters. The Labute approximate surface area is 760 Å². The zero-order valence-corrected chi connectivity index (χ0v) is 74.7. The van der Waals surface area contributed by atoms with E-state index in [0.29, 0.717) is 52.9 Å². The second-order valence-electron chi connectivity index (χ2n) is 34.2. The van der Waals surface area contributed by atoms with Gasteiger partial charge in [-0.2, -0.15) is 20.2 Å². The molecule has 0 fully saturated rings. The first-order valence-electron chi connectivity index (χ1n) is 42.9. The second kappa shape index (κ2) is 39.9. The number of carbonyl (C=O) groups is 9. The summed E-state index contributed by atoms with van der Waals surface area (Å²) in [5.41, 5.74) is 17.9. The smallest absolute Gasteiger partial charge is 0.407 e. The molecule has 692 valence electrons. The molecule has 0 saturated heterocycles. The van der Waals surface area contributed by atoms with Crippen LogP contribution in [0.25, 0.3) is 39.0 Å². The Hall–Kier alpha value is -14.4. The van der Waals surface area contributed by atoms with Crippen molar-refractivity contribution < 1.29 is 101 Å². The van der Waals surface area contributed by atoms with Gasteiger partial charge in [0.15, 0.2) is 10.5 Å². The molecule has 14 rings (SSSR count). The number of nitrogen functional groups attached to an aromatic ring is 1. The molecule has 8 aromatic rings. The van der Waals surface area contributed by atoms with Gasteiger partial charge in [0.2, 0.25) is 16.6 Å². The van der Waals surface area contributed by atoms with Crippen LogP contribution in [0.3, 0.4) is 0 Å². The van der Waals surface area contributed by atoms with Crippen LogP contribution in [0.2, 0.25) is 0 Å². The Kier molecular flexibility index (Phi) is 29.2. The molecule has 0 saturated carbocycles. The van der Waals surface area contributed by atoms with Crippen LogP contribution in [-0.4, -0.2) is 157 Å². The van der Waals surface area contributed by atoms with Crippen LogP contribution in [0.5, 0.6) is 11.5 Å². The van der Waals surface area contributed by atoms with Gasteiger partial charge in [-0.3, -0.25) is 44.0 Å². The van der Waals surface area contributed by atoms with Crippen molar-refractivity contribution in [2.75, 3.05) is 70.0 Å². The van der Waals surface area contributed by atoms with Gasteiger partial charge >= 0.3 is 24.0 Å². The second-order valence-corrected chi connectivity index (χ2v) is 35.5. The van der Waals surface area contributed by atoms with Gasteiger partial charge in [0.25, 0.3) is 39.4 Å². The van der Waals surface area contributed by atoms with Crippen molar-refractivity contribution in [1.29, 1.82) is 0 Å². The van der Waals surface area contributed by atoms with E-state index in [1.807, 2.05) is 18.2 Å². The number of amides is 6. The molecule has 6 aliphatic rings. The Bertz CT molecular complexity index is 6640. The van der Waals surface area contributed by atoms with Crippen LogP contribution in [0.15, 0.2) is 149 Å². The summed E-state index contributed by atoms with van der Waals surface area (Å²) in [5, 5.41) is 65.0. The van der Waals surface area contributed by atoms with Crippen molar-refractivity contribution in [3.63, 3.8) is 0 Å². The van der Waals surface area contributed by atoms with E-state index in [4.69, 9.17) is 32.1 Å². The number of hydrogen-bond donors (Lipinski definition) is 13. The number of fused-ring (bicyclic) bond motifs is 6. The van der Waals surface area contributed by atoms with Crippen molar-refractivity contribution >= 4 is 97.3 Å². The molecule has 4 heterocycles. The number of nitrogens with zero attached hydrogens (tertiary/aromatic N) is 4. The number of carbonyl (C=O) groups excluding carboxylic acids is 8. The number of phenols is 2. The molecule has 2 atom stereocenters.